The first-order valence-electron chi connectivity index (χ1n) is 3.78. The molecule has 0 bridgehead atoms. The van der Waals surface area contributed by atoms with Crippen molar-refractivity contribution in [3.8, 4) is 0 Å². The maximum absolute atomic E-state index is 9.31. The van der Waals surface area contributed by atoms with Crippen LogP contribution in [0.3, 0.4) is 0 Å². The molecule has 1 aliphatic rings. The molecule has 5 nitrogen and oxygen atoms in total. The lowest BCUT2D eigenvalue weighted by molar-refractivity contribution is -0.0569. The molecule has 4 atom stereocenters. The fourth-order valence-electron chi connectivity index (χ4n) is 1.27. The van der Waals surface area contributed by atoms with E-state index in [1.54, 1.807) is 0 Å². The summed E-state index contributed by atoms with van der Waals surface area (Å²) in [6.45, 7) is 0.138. The zero-order chi connectivity index (χ0) is 9.30. The Bertz CT molecular complexity index is 195. The molecule has 1 aliphatic carbocycles. The van der Waals surface area contributed by atoms with Gasteiger partial charge in [-0.15, -0.1) is 0 Å². The molecule has 0 amide bonds. The second-order valence-corrected chi connectivity index (χ2v) is 2.95. The minimum absolute atomic E-state index is 0.138. The van der Waals surface area contributed by atoms with Crippen LogP contribution in [0, 0.1) is 0 Å². The topological polar surface area (TPSA) is 113 Å². The van der Waals surface area contributed by atoms with Gasteiger partial charge in [-0.1, -0.05) is 6.08 Å². The Kier molecular flexibility index (Phi) is 2.81. The first-order valence-corrected chi connectivity index (χ1v) is 3.78. The number of aliphatic hydroxyl groups is 3. The summed E-state index contributed by atoms with van der Waals surface area (Å²) in [7, 11) is 0. The zero-order valence-corrected chi connectivity index (χ0v) is 6.59. The van der Waals surface area contributed by atoms with Crippen LogP contribution in [0.15, 0.2) is 11.6 Å². The second kappa shape index (κ2) is 3.51. The summed E-state index contributed by atoms with van der Waals surface area (Å²) in [6, 6.07) is -0.651. The highest BCUT2D eigenvalue weighted by Gasteiger charge is 2.34. The molecule has 0 saturated carbocycles. The van der Waals surface area contributed by atoms with E-state index >= 15 is 0 Å². The lowest BCUT2D eigenvalue weighted by Crippen LogP contribution is -2.52. The van der Waals surface area contributed by atoms with Gasteiger partial charge in [0.2, 0.25) is 0 Å². The van der Waals surface area contributed by atoms with Crippen molar-refractivity contribution in [1.29, 1.82) is 0 Å². The van der Waals surface area contributed by atoms with Gasteiger partial charge >= 0.3 is 0 Å². The Labute approximate surface area is 70.3 Å². The fourth-order valence-corrected chi connectivity index (χ4v) is 1.27. The van der Waals surface area contributed by atoms with E-state index in [1.807, 2.05) is 0 Å². The molecule has 1 rings (SSSR count). The van der Waals surface area contributed by atoms with Crippen molar-refractivity contribution in [2.45, 2.75) is 24.4 Å². The second-order valence-electron chi connectivity index (χ2n) is 2.95. The average molecular weight is 174 g/mol. The van der Waals surface area contributed by atoms with Crippen LogP contribution in [0.25, 0.3) is 0 Å². The monoisotopic (exact) mass is 174 g/mol. The maximum Gasteiger partial charge on any atom is 0.111 e. The quantitative estimate of drug-likeness (QED) is 0.277. The van der Waals surface area contributed by atoms with E-state index in [0.717, 1.165) is 0 Å². The van der Waals surface area contributed by atoms with E-state index in [0.29, 0.717) is 5.57 Å². The van der Waals surface area contributed by atoms with Crippen LogP contribution in [0.1, 0.15) is 0 Å². The Morgan fingerprint density at radius 3 is 2.33 bits per heavy atom. The molecule has 7 N–H and O–H groups in total. The van der Waals surface area contributed by atoms with Gasteiger partial charge in [-0.25, -0.2) is 0 Å². The van der Waals surface area contributed by atoms with Crippen molar-refractivity contribution in [1.82, 2.24) is 0 Å². The SMILES string of the molecule is NCC1=CC(N)C(O)C(O)C1O. The molecule has 0 radical (unpaired) electrons. The van der Waals surface area contributed by atoms with Gasteiger partial charge in [0.05, 0.1) is 6.04 Å². The predicted octanol–water partition coefficient (Wildman–Crippen LogP) is -2.70. The van der Waals surface area contributed by atoms with E-state index in [2.05, 4.69) is 0 Å². The predicted molar refractivity (Wildman–Crippen MR) is 43.1 cm³/mol. The fraction of sp³-hybridized carbons (Fsp3) is 0.714. The van der Waals surface area contributed by atoms with Gasteiger partial charge in [-0.05, 0) is 5.57 Å². The molecule has 0 aromatic heterocycles. The van der Waals surface area contributed by atoms with Crippen molar-refractivity contribution >= 4 is 0 Å². The zero-order valence-electron chi connectivity index (χ0n) is 6.59. The molecule has 0 fully saturated rings. The van der Waals surface area contributed by atoms with Gasteiger partial charge in [0.15, 0.2) is 0 Å². The van der Waals surface area contributed by atoms with Gasteiger partial charge in [0.25, 0.3) is 0 Å². The minimum atomic E-state index is -1.23. The van der Waals surface area contributed by atoms with E-state index in [4.69, 9.17) is 11.5 Å². The molecular formula is C7H14N2O3. The summed E-state index contributed by atoms with van der Waals surface area (Å²) in [4.78, 5) is 0. The van der Waals surface area contributed by atoms with Crippen molar-refractivity contribution in [3.63, 3.8) is 0 Å². The summed E-state index contributed by atoms with van der Waals surface area (Å²) in [5, 5.41) is 27.8. The highest BCUT2D eigenvalue weighted by Crippen LogP contribution is 2.17. The van der Waals surface area contributed by atoms with E-state index in [1.165, 1.54) is 6.08 Å². The maximum atomic E-state index is 9.31. The molecular weight excluding hydrogens is 160 g/mol. The Morgan fingerprint density at radius 1 is 1.25 bits per heavy atom. The number of aliphatic hydroxyl groups excluding tert-OH is 3. The third-order valence-electron chi connectivity index (χ3n) is 2.09. The molecule has 0 spiro atoms. The molecule has 70 valence electrons. The van der Waals surface area contributed by atoms with Crippen LogP contribution in [0.2, 0.25) is 0 Å². The average Bonchev–Trinajstić information content (AvgIpc) is 2.08. The molecule has 0 saturated heterocycles. The minimum Gasteiger partial charge on any atom is -0.388 e. The van der Waals surface area contributed by atoms with Gasteiger partial charge in [0.1, 0.15) is 18.3 Å². The highest BCUT2D eigenvalue weighted by atomic mass is 16.4. The van der Waals surface area contributed by atoms with Gasteiger partial charge < -0.3 is 26.8 Å². The standard InChI is InChI=1S/C7H14N2O3/c8-2-3-1-4(9)6(11)7(12)5(3)10/h1,4-7,10-12H,2,8-9H2. The van der Waals surface area contributed by atoms with Crippen LogP contribution >= 0.6 is 0 Å². The normalized spacial score (nSPS) is 42.6. The number of nitrogens with two attached hydrogens (primary N) is 2. The van der Waals surface area contributed by atoms with Crippen LogP contribution < -0.4 is 11.5 Å². The van der Waals surface area contributed by atoms with Crippen LogP contribution in [0.4, 0.5) is 0 Å². The first-order chi connectivity index (χ1) is 5.57. The molecule has 4 unspecified atom stereocenters. The Morgan fingerprint density at radius 2 is 1.83 bits per heavy atom. The summed E-state index contributed by atoms with van der Waals surface area (Å²) >= 11 is 0. The molecule has 12 heavy (non-hydrogen) atoms. The number of hydrogen-bond acceptors (Lipinski definition) is 5. The first kappa shape index (κ1) is 9.63. The third kappa shape index (κ3) is 1.50. The molecule has 5 heteroatoms. The Hall–Kier alpha value is -0.460. The third-order valence-corrected chi connectivity index (χ3v) is 2.09. The largest absolute Gasteiger partial charge is 0.388 e. The van der Waals surface area contributed by atoms with E-state index in [-0.39, 0.29) is 6.54 Å². The number of hydrogen-bond donors (Lipinski definition) is 5. The van der Waals surface area contributed by atoms with Gasteiger partial charge in [-0.3, -0.25) is 0 Å². The summed E-state index contributed by atoms with van der Waals surface area (Å²) in [6.07, 6.45) is -1.95. The van der Waals surface area contributed by atoms with Crippen LogP contribution in [0.5, 0.6) is 0 Å². The van der Waals surface area contributed by atoms with Crippen molar-refractivity contribution in [2.24, 2.45) is 11.5 Å². The van der Waals surface area contributed by atoms with Crippen LogP contribution in [-0.2, 0) is 0 Å². The molecule has 0 aromatic rings. The summed E-state index contributed by atoms with van der Waals surface area (Å²) in [5.74, 6) is 0. The smallest absolute Gasteiger partial charge is 0.111 e. The van der Waals surface area contributed by atoms with Crippen molar-refractivity contribution in [2.75, 3.05) is 6.54 Å². The number of rotatable bonds is 1. The lowest BCUT2D eigenvalue weighted by atomic mass is 9.88. The van der Waals surface area contributed by atoms with Gasteiger partial charge in [-0.2, -0.15) is 0 Å². The molecule has 0 heterocycles. The lowest BCUT2D eigenvalue weighted by Gasteiger charge is -2.32. The molecule has 0 aliphatic heterocycles. The summed E-state index contributed by atoms with van der Waals surface area (Å²) < 4.78 is 0. The van der Waals surface area contributed by atoms with E-state index in [9.17, 15) is 15.3 Å². The van der Waals surface area contributed by atoms with Gasteiger partial charge in [0, 0.05) is 6.54 Å². The van der Waals surface area contributed by atoms with Crippen molar-refractivity contribution < 1.29 is 15.3 Å². The molecule has 0 aromatic carbocycles. The van der Waals surface area contributed by atoms with Crippen LogP contribution in [-0.4, -0.2) is 46.2 Å². The van der Waals surface area contributed by atoms with E-state index < -0.39 is 24.4 Å². The van der Waals surface area contributed by atoms with Crippen molar-refractivity contribution in [3.05, 3.63) is 11.6 Å². The Balaban J connectivity index is 2.84. The summed E-state index contributed by atoms with van der Waals surface area (Å²) in [5.41, 5.74) is 11.2. The highest BCUT2D eigenvalue weighted by molar-refractivity contribution is 5.21.